The minimum atomic E-state index is -0.785. The Morgan fingerprint density at radius 3 is 2.17 bits per heavy atom. The van der Waals surface area contributed by atoms with Crippen LogP contribution >= 0.6 is 0 Å². The van der Waals surface area contributed by atoms with Gasteiger partial charge in [0.2, 0.25) is 5.91 Å². The Morgan fingerprint density at radius 1 is 1.17 bits per heavy atom. The third-order valence-corrected chi connectivity index (χ3v) is 5.41. The molecule has 0 spiro atoms. The third-order valence-electron chi connectivity index (χ3n) is 5.41. The van der Waals surface area contributed by atoms with Gasteiger partial charge >= 0.3 is 5.97 Å². The van der Waals surface area contributed by atoms with Crippen LogP contribution in [0.2, 0.25) is 0 Å². The predicted octanol–water partition coefficient (Wildman–Crippen LogP) is 2.14. The lowest BCUT2D eigenvalue weighted by molar-refractivity contribution is -0.156. The Balaban J connectivity index is 2.21. The van der Waals surface area contributed by atoms with Gasteiger partial charge in [0.1, 0.15) is 0 Å². The molecule has 2 aliphatic rings. The molecule has 2 fully saturated rings. The fraction of sp³-hybridized carbons (Fsp3) is 0.857. The second-order valence-electron chi connectivity index (χ2n) is 6.48. The van der Waals surface area contributed by atoms with Gasteiger partial charge in [-0.3, -0.25) is 9.59 Å². The summed E-state index contributed by atoms with van der Waals surface area (Å²) in [5.41, 5.74) is -1.26. The molecule has 1 N–H and O–H groups in total. The summed E-state index contributed by atoms with van der Waals surface area (Å²) in [5.74, 6) is -0.747. The molecule has 0 aromatic carbocycles. The zero-order chi connectivity index (χ0) is 13.6. The minimum absolute atomic E-state index is 0.142. The van der Waals surface area contributed by atoms with E-state index in [-0.39, 0.29) is 11.8 Å². The van der Waals surface area contributed by atoms with Gasteiger partial charge in [0.05, 0.1) is 5.41 Å². The van der Waals surface area contributed by atoms with Crippen molar-refractivity contribution in [3.8, 4) is 0 Å². The molecule has 0 bridgehead atoms. The quantitative estimate of drug-likeness (QED) is 0.820. The van der Waals surface area contributed by atoms with E-state index < -0.39 is 16.8 Å². The molecule has 4 heteroatoms. The fourth-order valence-electron chi connectivity index (χ4n) is 3.47. The van der Waals surface area contributed by atoms with Crippen molar-refractivity contribution in [2.24, 2.45) is 16.7 Å². The van der Waals surface area contributed by atoms with Crippen molar-refractivity contribution in [1.82, 2.24) is 4.90 Å². The molecule has 1 saturated heterocycles. The maximum Gasteiger partial charge on any atom is 0.309 e. The number of aliphatic carboxylic acids is 1. The summed E-state index contributed by atoms with van der Waals surface area (Å²) in [6.07, 6.45) is 3.45. The number of carboxylic acid groups (broad SMARTS) is 1. The Bertz CT molecular complexity index is 371. The first kappa shape index (κ1) is 13.4. The smallest absolute Gasteiger partial charge is 0.309 e. The van der Waals surface area contributed by atoms with Crippen molar-refractivity contribution in [3.63, 3.8) is 0 Å². The normalized spacial score (nSPS) is 34.8. The fourth-order valence-corrected chi connectivity index (χ4v) is 3.47. The number of amides is 1. The zero-order valence-corrected chi connectivity index (χ0v) is 11.5. The highest BCUT2D eigenvalue weighted by molar-refractivity contribution is 5.84. The van der Waals surface area contributed by atoms with Crippen LogP contribution in [-0.2, 0) is 9.59 Å². The van der Waals surface area contributed by atoms with Crippen LogP contribution in [0.25, 0.3) is 0 Å². The van der Waals surface area contributed by atoms with Crippen LogP contribution in [-0.4, -0.2) is 35.0 Å². The maximum absolute atomic E-state index is 12.5. The van der Waals surface area contributed by atoms with Gasteiger partial charge in [-0.15, -0.1) is 0 Å². The van der Waals surface area contributed by atoms with E-state index in [0.29, 0.717) is 12.8 Å². The molecule has 0 radical (unpaired) electrons. The number of nitrogens with zero attached hydrogens (tertiary/aromatic N) is 1. The number of carbonyl (C=O) groups is 2. The van der Waals surface area contributed by atoms with Crippen LogP contribution in [0.3, 0.4) is 0 Å². The highest BCUT2D eigenvalue weighted by Crippen LogP contribution is 2.56. The molecule has 102 valence electrons. The van der Waals surface area contributed by atoms with Crippen LogP contribution in [0, 0.1) is 16.7 Å². The van der Waals surface area contributed by atoms with Crippen LogP contribution in [0.15, 0.2) is 0 Å². The molecule has 2 rings (SSSR count). The number of carbonyl (C=O) groups excluding carboxylic acids is 1. The number of carboxylic acids is 1. The van der Waals surface area contributed by atoms with Gasteiger partial charge in [0.15, 0.2) is 0 Å². The SMILES string of the molecule is CC1(C)[C@H](C(=O)N2CCCC2)CC[C@@]1(C)C(=O)O. The predicted molar refractivity (Wildman–Crippen MR) is 68.1 cm³/mol. The molecule has 0 aromatic heterocycles. The molecule has 1 heterocycles. The van der Waals surface area contributed by atoms with Crippen LogP contribution in [0.5, 0.6) is 0 Å². The van der Waals surface area contributed by atoms with Gasteiger partial charge in [-0.25, -0.2) is 0 Å². The van der Waals surface area contributed by atoms with E-state index in [0.717, 1.165) is 25.9 Å². The summed E-state index contributed by atoms with van der Waals surface area (Å²) in [7, 11) is 0. The van der Waals surface area contributed by atoms with Crippen molar-refractivity contribution in [2.75, 3.05) is 13.1 Å². The van der Waals surface area contributed by atoms with Crippen molar-refractivity contribution in [3.05, 3.63) is 0 Å². The van der Waals surface area contributed by atoms with E-state index in [1.54, 1.807) is 6.92 Å². The largest absolute Gasteiger partial charge is 0.481 e. The van der Waals surface area contributed by atoms with Gasteiger partial charge < -0.3 is 10.0 Å². The van der Waals surface area contributed by atoms with E-state index in [2.05, 4.69) is 0 Å². The summed E-state index contributed by atoms with van der Waals surface area (Å²) in [6, 6.07) is 0. The lowest BCUT2D eigenvalue weighted by Gasteiger charge is -2.38. The lowest BCUT2D eigenvalue weighted by atomic mass is 9.65. The maximum atomic E-state index is 12.5. The van der Waals surface area contributed by atoms with Crippen molar-refractivity contribution >= 4 is 11.9 Å². The molecule has 1 aliphatic carbocycles. The monoisotopic (exact) mass is 253 g/mol. The minimum Gasteiger partial charge on any atom is -0.481 e. The number of rotatable bonds is 2. The van der Waals surface area contributed by atoms with E-state index in [4.69, 9.17) is 0 Å². The van der Waals surface area contributed by atoms with E-state index >= 15 is 0 Å². The Kier molecular flexibility index (Phi) is 3.16. The lowest BCUT2D eigenvalue weighted by Crippen LogP contribution is -2.46. The second-order valence-corrected chi connectivity index (χ2v) is 6.48. The molecular formula is C14H23NO3. The standard InChI is InChI=1S/C14H23NO3/c1-13(2)10(6-7-14(13,3)12(17)18)11(16)15-8-4-5-9-15/h10H,4-9H2,1-3H3,(H,17,18)/t10-,14-/m0/s1. The number of hydrogen-bond acceptors (Lipinski definition) is 2. The Labute approximate surface area is 108 Å². The summed E-state index contributed by atoms with van der Waals surface area (Å²) in [5, 5.41) is 9.45. The van der Waals surface area contributed by atoms with Crippen molar-refractivity contribution in [2.45, 2.75) is 46.5 Å². The highest BCUT2D eigenvalue weighted by atomic mass is 16.4. The summed E-state index contributed by atoms with van der Waals surface area (Å²) < 4.78 is 0. The molecule has 0 aromatic rings. The molecule has 1 amide bonds. The van der Waals surface area contributed by atoms with Crippen LogP contribution in [0.1, 0.15) is 46.5 Å². The van der Waals surface area contributed by atoms with Gasteiger partial charge in [-0.2, -0.15) is 0 Å². The first-order chi connectivity index (χ1) is 8.30. The highest BCUT2D eigenvalue weighted by Gasteiger charge is 2.58. The molecule has 0 unspecified atom stereocenters. The summed E-state index contributed by atoms with van der Waals surface area (Å²) in [6.45, 7) is 7.34. The summed E-state index contributed by atoms with van der Waals surface area (Å²) in [4.78, 5) is 25.9. The van der Waals surface area contributed by atoms with Crippen LogP contribution < -0.4 is 0 Å². The molecule has 18 heavy (non-hydrogen) atoms. The van der Waals surface area contributed by atoms with Crippen LogP contribution in [0.4, 0.5) is 0 Å². The third kappa shape index (κ3) is 1.73. The number of likely N-dealkylation sites (tertiary alicyclic amines) is 1. The molecule has 2 atom stereocenters. The summed E-state index contributed by atoms with van der Waals surface area (Å²) >= 11 is 0. The van der Waals surface area contributed by atoms with E-state index in [1.165, 1.54) is 0 Å². The van der Waals surface area contributed by atoms with E-state index in [1.807, 2.05) is 18.7 Å². The molecule has 1 saturated carbocycles. The number of hydrogen-bond donors (Lipinski definition) is 1. The average Bonchev–Trinajstić information content (AvgIpc) is 2.87. The average molecular weight is 253 g/mol. The first-order valence-corrected chi connectivity index (χ1v) is 6.83. The van der Waals surface area contributed by atoms with Gasteiger partial charge in [-0.1, -0.05) is 13.8 Å². The topological polar surface area (TPSA) is 57.6 Å². The van der Waals surface area contributed by atoms with Gasteiger partial charge in [0.25, 0.3) is 0 Å². The second kappa shape index (κ2) is 4.25. The van der Waals surface area contributed by atoms with Gasteiger partial charge in [0, 0.05) is 19.0 Å². The Morgan fingerprint density at radius 2 is 1.72 bits per heavy atom. The van der Waals surface area contributed by atoms with Crippen molar-refractivity contribution in [1.29, 1.82) is 0 Å². The first-order valence-electron chi connectivity index (χ1n) is 6.83. The molecule has 4 nitrogen and oxygen atoms in total. The zero-order valence-electron chi connectivity index (χ0n) is 11.5. The van der Waals surface area contributed by atoms with Gasteiger partial charge in [-0.05, 0) is 38.0 Å². The van der Waals surface area contributed by atoms with Crippen molar-refractivity contribution < 1.29 is 14.7 Å². The molecular weight excluding hydrogens is 230 g/mol. The van der Waals surface area contributed by atoms with E-state index in [9.17, 15) is 14.7 Å². The molecule has 1 aliphatic heterocycles. The Hall–Kier alpha value is -1.06.